The molecule has 0 bridgehead atoms. The van der Waals surface area contributed by atoms with Gasteiger partial charge >= 0.3 is 5.69 Å². The van der Waals surface area contributed by atoms with Crippen molar-refractivity contribution in [2.75, 3.05) is 5.75 Å². The molecule has 0 spiro atoms. The number of hydrogen-bond acceptors (Lipinski definition) is 5. The summed E-state index contributed by atoms with van der Waals surface area (Å²) in [6.07, 6.45) is 0. The molecule has 150 valence electrons. The molecule has 1 aliphatic heterocycles. The summed E-state index contributed by atoms with van der Waals surface area (Å²) in [5.74, 6) is 0.646. The molecule has 0 fully saturated rings. The Balaban J connectivity index is 1.52. The van der Waals surface area contributed by atoms with Crippen LogP contribution < -0.4 is 4.74 Å². The molecule has 6 nitrogen and oxygen atoms in total. The van der Waals surface area contributed by atoms with Crippen LogP contribution in [-0.4, -0.2) is 25.0 Å². The molecule has 0 aromatic heterocycles. The lowest BCUT2D eigenvalue weighted by molar-refractivity contribution is -0.729. The van der Waals surface area contributed by atoms with Crippen molar-refractivity contribution in [1.82, 2.24) is 0 Å². The van der Waals surface area contributed by atoms with Crippen LogP contribution in [0.25, 0.3) is 0 Å². The van der Waals surface area contributed by atoms with Crippen LogP contribution in [0, 0.1) is 4.91 Å². The monoisotopic (exact) mass is 429 g/mol. The van der Waals surface area contributed by atoms with Gasteiger partial charge in [-0.25, -0.2) is 5.21 Å². The number of thioether (sulfide) groups is 1. The first-order valence-electron chi connectivity index (χ1n) is 8.90. The summed E-state index contributed by atoms with van der Waals surface area (Å²) in [6, 6.07) is 21.5. The van der Waals surface area contributed by atoms with E-state index in [0.717, 1.165) is 10.5 Å². The Morgan fingerprint density at radius 1 is 1.10 bits per heavy atom. The zero-order valence-electron chi connectivity index (χ0n) is 15.3. The molecule has 0 aliphatic carbocycles. The lowest BCUT2D eigenvalue weighted by atomic mass is 10.1. The molecule has 2 N–H and O–H groups in total. The minimum Gasteiger partial charge on any atom is -0.764 e. The number of hydrogen-bond donors (Lipinski definition) is 2. The molecule has 1 heterocycles. The van der Waals surface area contributed by atoms with Crippen molar-refractivity contribution < 1.29 is 24.0 Å². The Hall–Kier alpha value is -2.52. The second-order valence-electron chi connectivity index (χ2n) is 6.66. The molecule has 29 heavy (non-hydrogen) atoms. The molecule has 0 saturated heterocycles. The molecule has 0 radical (unpaired) electrons. The van der Waals surface area contributed by atoms with Gasteiger partial charge in [0.05, 0.1) is 10.2 Å². The van der Waals surface area contributed by atoms with Crippen molar-refractivity contribution >= 4 is 28.0 Å². The van der Waals surface area contributed by atoms with Gasteiger partial charge < -0.3 is 24.4 Å². The normalized spacial score (nSPS) is 22.5. The van der Waals surface area contributed by atoms with E-state index < -0.39 is 10.6 Å². The van der Waals surface area contributed by atoms with Gasteiger partial charge in [-0.1, -0.05) is 36.4 Å². The van der Waals surface area contributed by atoms with Crippen LogP contribution >= 0.6 is 22.4 Å². The van der Waals surface area contributed by atoms with Crippen LogP contribution in [0.3, 0.4) is 0 Å². The second kappa shape index (κ2) is 8.08. The zero-order valence-corrected chi connectivity index (χ0v) is 16.9. The van der Waals surface area contributed by atoms with E-state index in [0.29, 0.717) is 16.2 Å². The molecule has 0 amide bonds. The third kappa shape index (κ3) is 4.40. The smallest absolute Gasteiger partial charge is 0.316 e. The van der Waals surface area contributed by atoms with Gasteiger partial charge in [0.2, 0.25) is 0 Å². The molecule has 2 atom stereocenters. The van der Waals surface area contributed by atoms with Crippen molar-refractivity contribution in [1.29, 1.82) is 0 Å². The van der Waals surface area contributed by atoms with Crippen LogP contribution in [0.5, 0.6) is 5.75 Å². The van der Waals surface area contributed by atoms with Crippen LogP contribution in [-0.2, 0) is 6.61 Å². The summed E-state index contributed by atoms with van der Waals surface area (Å²) in [6.45, 7) is 0.162. The highest BCUT2D eigenvalue weighted by atomic mass is 32.3. The summed E-state index contributed by atoms with van der Waals surface area (Å²) in [7, 11) is -3.13. The highest BCUT2D eigenvalue weighted by Crippen LogP contribution is 2.63. The number of benzene rings is 3. The molecule has 1 aliphatic rings. The maximum atomic E-state index is 12.8. The highest BCUT2D eigenvalue weighted by Gasteiger charge is 2.31. The molecule has 8 heteroatoms. The fourth-order valence-corrected chi connectivity index (χ4v) is 6.75. The minimum atomic E-state index is -3.13. The average molecular weight is 430 g/mol. The topological polar surface area (TPSA) is 92.8 Å². The van der Waals surface area contributed by atoms with Crippen LogP contribution in [0.2, 0.25) is 0 Å². The van der Waals surface area contributed by atoms with Crippen molar-refractivity contribution in [2.45, 2.75) is 21.6 Å². The Bertz CT molecular complexity index is 1040. The third-order valence-electron chi connectivity index (χ3n) is 4.61. The maximum absolute atomic E-state index is 12.8. The van der Waals surface area contributed by atoms with Gasteiger partial charge in [0, 0.05) is 33.7 Å². The minimum absolute atomic E-state index is 0.0942. The standard InChI is InChI=1S/C21H19NO5S2/c23-22(24)16-6-4-5-15(11-16)13-27-17-9-10-19-20(14-29(25,26)21(19)12-17)28-18-7-2-1-3-8-18/h1-12,20H,13-14H2,(H2-,23,24,25,26). The van der Waals surface area contributed by atoms with Gasteiger partial charge in [-0.15, -0.1) is 11.8 Å². The van der Waals surface area contributed by atoms with E-state index in [1.165, 1.54) is 12.1 Å². The van der Waals surface area contributed by atoms with Crippen LogP contribution in [0.1, 0.15) is 16.4 Å². The number of nitrogens with zero attached hydrogens (tertiary/aromatic N) is 1. The van der Waals surface area contributed by atoms with Gasteiger partial charge in [-0.3, -0.25) is 0 Å². The predicted octanol–water partition coefficient (Wildman–Crippen LogP) is 5.68. The molecular formula is C21H19NO5S2. The SMILES string of the molecule is O=[N+](O)c1cccc(COc2ccc3c(c2)S([O-])(O)CC3Sc2ccccc2)c1. The lowest BCUT2D eigenvalue weighted by Crippen LogP contribution is -2.00. The van der Waals surface area contributed by atoms with Crippen LogP contribution in [0.4, 0.5) is 5.69 Å². The van der Waals surface area contributed by atoms with Gasteiger partial charge in [0.1, 0.15) is 12.4 Å². The Morgan fingerprint density at radius 2 is 1.90 bits per heavy atom. The number of rotatable bonds is 6. The summed E-state index contributed by atoms with van der Waals surface area (Å²) in [5, 5.41) is 8.91. The van der Waals surface area contributed by atoms with E-state index in [1.807, 2.05) is 36.4 Å². The Labute approximate surface area is 174 Å². The summed E-state index contributed by atoms with van der Waals surface area (Å²) in [5.41, 5.74) is 1.65. The van der Waals surface area contributed by atoms with Crippen LogP contribution in [0.15, 0.2) is 82.6 Å². The molecule has 0 saturated carbocycles. The van der Waals surface area contributed by atoms with Crippen molar-refractivity contribution in [3.63, 3.8) is 0 Å². The lowest BCUT2D eigenvalue weighted by Gasteiger charge is -2.42. The molecule has 4 rings (SSSR count). The summed E-state index contributed by atoms with van der Waals surface area (Å²) in [4.78, 5) is 12.3. The maximum Gasteiger partial charge on any atom is 0.316 e. The number of ether oxygens (including phenoxy) is 1. The molecule has 3 aromatic carbocycles. The predicted molar refractivity (Wildman–Crippen MR) is 111 cm³/mol. The zero-order chi connectivity index (χ0) is 20.4. The van der Waals surface area contributed by atoms with E-state index in [1.54, 1.807) is 36.0 Å². The average Bonchev–Trinajstić information content (AvgIpc) is 2.97. The van der Waals surface area contributed by atoms with Crippen molar-refractivity contribution in [2.24, 2.45) is 0 Å². The van der Waals surface area contributed by atoms with Crippen molar-refractivity contribution in [3.8, 4) is 5.75 Å². The first-order valence-corrected chi connectivity index (χ1v) is 11.5. The van der Waals surface area contributed by atoms with Crippen molar-refractivity contribution in [3.05, 3.63) is 88.8 Å². The van der Waals surface area contributed by atoms with E-state index >= 15 is 0 Å². The first kappa shape index (κ1) is 19.8. The fraction of sp³-hybridized carbons (Fsp3) is 0.143. The van der Waals surface area contributed by atoms with E-state index in [-0.39, 0.29) is 28.2 Å². The summed E-state index contributed by atoms with van der Waals surface area (Å²) >= 11 is 1.58. The molecule has 2 unspecified atom stereocenters. The van der Waals surface area contributed by atoms with Gasteiger partial charge in [0.25, 0.3) is 4.92 Å². The second-order valence-corrected chi connectivity index (χ2v) is 9.99. The van der Waals surface area contributed by atoms with Gasteiger partial charge in [-0.05, 0) is 29.3 Å². The quantitative estimate of drug-likeness (QED) is 0.490. The summed E-state index contributed by atoms with van der Waals surface area (Å²) < 4.78 is 29.0. The first-order chi connectivity index (χ1) is 13.9. The highest BCUT2D eigenvalue weighted by molar-refractivity contribution is 8.25. The van der Waals surface area contributed by atoms with E-state index in [4.69, 9.17) is 9.94 Å². The van der Waals surface area contributed by atoms with E-state index in [2.05, 4.69) is 0 Å². The van der Waals surface area contributed by atoms with Gasteiger partial charge in [0.15, 0.2) is 0 Å². The van der Waals surface area contributed by atoms with Gasteiger partial charge in [-0.2, -0.15) is 0 Å². The Morgan fingerprint density at radius 3 is 2.66 bits per heavy atom. The Kier molecular flexibility index (Phi) is 5.51. The van der Waals surface area contributed by atoms with E-state index in [9.17, 15) is 14.0 Å². The fourth-order valence-electron chi connectivity index (χ4n) is 3.22. The third-order valence-corrected chi connectivity index (χ3v) is 7.90. The number of fused-ring (bicyclic) bond motifs is 1. The molecular weight excluding hydrogens is 410 g/mol. The molecule has 3 aromatic rings. The largest absolute Gasteiger partial charge is 0.764 e.